The fraction of sp³-hybridized carbons (Fsp3) is 0.571. The summed E-state index contributed by atoms with van der Waals surface area (Å²) in [7, 11) is 0. The zero-order valence-electron chi connectivity index (χ0n) is 23.5. The lowest BCUT2D eigenvalue weighted by atomic mass is 9.91. The van der Waals surface area contributed by atoms with Gasteiger partial charge < -0.3 is 18.9 Å². The number of para-hydroxylation sites is 1. The molecular weight excluding hydrogens is 554 g/mol. The van der Waals surface area contributed by atoms with Gasteiger partial charge in [-0.25, -0.2) is 9.48 Å². The average Bonchev–Trinajstić information content (AvgIpc) is 3.28. The van der Waals surface area contributed by atoms with Crippen LogP contribution < -0.4 is 0 Å². The van der Waals surface area contributed by atoms with Gasteiger partial charge in [0.2, 0.25) is 0 Å². The third-order valence-electron chi connectivity index (χ3n) is 5.87. The topological polar surface area (TPSA) is 102 Å². The molecule has 1 aromatic carbocycles. The Labute approximate surface area is 233 Å². The SMILES string of the molecule is C=CCOCC(COC(=C)C(C)(C)Br)(COC(=O)C(C)(C)C)COC(=O)C(C)(C)n1nnc2ccccc21. The number of hydrogen-bond acceptors (Lipinski definition) is 8. The molecule has 0 bridgehead atoms. The van der Waals surface area contributed by atoms with Gasteiger partial charge in [-0.15, -0.1) is 11.7 Å². The summed E-state index contributed by atoms with van der Waals surface area (Å²) in [6.45, 7) is 20.3. The number of benzene rings is 1. The van der Waals surface area contributed by atoms with E-state index in [0.717, 1.165) is 0 Å². The van der Waals surface area contributed by atoms with Crippen molar-refractivity contribution in [1.82, 2.24) is 15.0 Å². The van der Waals surface area contributed by atoms with Crippen molar-refractivity contribution < 1.29 is 28.5 Å². The second-order valence-corrected chi connectivity index (χ2v) is 13.4. The summed E-state index contributed by atoms with van der Waals surface area (Å²) in [4.78, 5) is 26.1. The Balaban J connectivity index is 2.33. The highest BCUT2D eigenvalue weighted by molar-refractivity contribution is 9.10. The predicted octanol–water partition coefficient (Wildman–Crippen LogP) is 5.19. The van der Waals surface area contributed by atoms with E-state index in [-0.39, 0.29) is 33.0 Å². The Morgan fingerprint density at radius 3 is 2.11 bits per heavy atom. The number of aromatic nitrogens is 3. The van der Waals surface area contributed by atoms with Gasteiger partial charge >= 0.3 is 11.9 Å². The molecule has 0 saturated carbocycles. The molecule has 2 aromatic rings. The fourth-order valence-corrected chi connectivity index (χ4v) is 3.33. The van der Waals surface area contributed by atoms with Gasteiger partial charge in [-0.2, -0.15) is 0 Å². The van der Waals surface area contributed by atoms with E-state index in [1.54, 1.807) is 40.7 Å². The van der Waals surface area contributed by atoms with Gasteiger partial charge in [0.1, 0.15) is 31.1 Å². The van der Waals surface area contributed by atoms with E-state index in [1.807, 2.05) is 38.1 Å². The van der Waals surface area contributed by atoms with Crippen LogP contribution in [0.5, 0.6) is 0 Å². The molecule has 0 radical (unpaired) electrons. The molecule has 0 spiro atoms. The molecule has 1 heterocycles. The van der Waals surface area contributed by atoms with Crippen molar-refractivity contribution in [2.75, 3.05) is 33.0 Å². The summed E-state index contributed by atoms with van der Waals surface area (Å²) in [6, 6.07) is 7.36. The lowest BCUT2D eigenvalue weighted by Crippen LogP contribution is -2.46. The minimum Gasteiger partial charge on any atom is -0.496 e. The molecule has 0 saturated heterocycles. The first-order chi connectivity index (χ1) is 17.5. The van der Waals surface area contributed by atoms with E-state index in [1.165, 1.54) is 4.68 Å². The Morgan fingerprint density at radius 1 is 0.947 bits per heavy atom. The summed E-state index contributed by atoms with van der Waals surface area (Å²) in [5.74, 6) is -0.470. The first-order valence-electron chi connectivity index (χ1n) is 12.4. The normalized spacial score (nSPS) is 14.0. The fourth-order valence-electron chi connectivity index (χ4n) is 3.22. The number of hydrogen-bond donors (Lipinski definition) is 0. The number of halogens is 1. The van der Waals surface area contributed by atoms with E-state index in [0.29, 0.717) is 16.8 Å². The van der Waals surface area contributed by atoms with Crippen LogP contribution in [-0.4, -0.2) is 64.3 Å². The minimum atomic E-state index is -1.17. The van der Waals surface area contributed by atoms with E-state index in [4.69, 9.17) is 18.9 Å². The molecule has 0 fully saturated rings. The van der Waals surface area contributed by atoms with Gasteiger partial charge in [-0.05, 0) is 60.6 Å². The molecule has 0 aliphatic rings. The summed E-state index contributed by atoms with van der Waals surface area (Å²) in [6.07, 6.45) is 1.61. The summed E-state index contributed by atoms with van der Waals surface area (Å²) >= 11 is 3.54. The van der Waals surface area contributed by atoms with Gasteiger partial charge in [0.05, 0.1) is 33.9 Å². The summed E-state index contributed by atoms with van der Waals surface area (Å²) < 4.78 is 24.4. The van der Waals surface area contributed by atoms with Crippen molar-refractivity contribution in [3.05, 3.63) is 49.3 Å². The maximum Gasteiger partial charge on any atom is 0.333 e. The molecule has 0 amide bonds. The third-order valence-corrected chi connectivity index (χ3v) is 6.31. The zero-order valence-corrected chi connectivity index (χ0v) is 25.1. The van der Waals surface area contributed by atoms with Crippen LogP contribution in [0.15, 0.2) is 49.3 Å². The monoisotopic (exact) mass is 593 g/mol. The highest BCUT2D eigenvalue weighted by atomic mass is 79.9. The number of esters is 2. The van der Waals surface area contributed by atoms with Gasteiger partial charge in [0.15, 0.2) is 5.54 Å². The average molecular weight is 595 g/mol. The zero-order chi connectivity index (χ0) is 28.8. The first-order valence-corrected chi connectivity index (χ1v) is 13.2. The van der Waals surface area contributed by atoms with Gasteiger partial charge in [0.25, 0.3) is 0 Å². The number of carbonyl (C=O) groups is 2. The van der Waals surface area contributed by atoms with Crippen molar-refractivity contribution in [2.45, 2.75) is 58.3 Å². The molecule has 9 nitrogen and oxygen atoms in total. The Morgan fingerprint density at radius 2 is 1.53 bits per heavy atom. The number of alkyl halides is 1. The third kappa shape index (κ3) is 8.14. The summed E-state index contributed by atoms with van der Waals surface area (Å²) in [5, 5.41) is 8.34. The van der Waals surface area contributed by atoms with Gasteiger partial charge in [0, 0.05) is 0 Å². The Bertz CT molecular complexity index is 1110. The molecular formula is C28H40BrN3O6. The van der Waals surface area contributed by atoms with Crippen LogP contribution >= 0.6 is 15.9 Å². The second kappa shape index (κ2) is 12.4. The quantitative estimate of drug-likeness (QED) is 0.0969. The molecule has 2 rings (SSSR count). The molecule has 1 atom stereocenters. The largest absolute Gasteiger partial charge is 0.496 e. The number of nitrogens with zero attached hydrogens (tertiary/aromatic N) is 3. The molecule has 38 heavy (non-hydrogen) atoms. The molecule has 1 aromatic heterocycles. The van der Waals surface area contributed by atoms with Crippen molar-refractivity contribution in [3.8, 4) is 0 Å². The van der Waals surface area contributed by atoms with Crippen molar-refractivity contribution in [3.63, 3.8) is 0 Å². The lowest BCUT2D eigenvalue weighted by molar-refractivity contribution is -0.170. The molecule has 210 valence electrons. The highest BCUT2D eigenvalue weighted by Gasteiger charge is 2.41. The van der Waals surface area contributed by atoms with Crippen LogP contribution in [0.2, 0.25) is 0 Å². The van der Waals surface area contributed by atoms with Crippen LogP contribution in [0.3, 0.4) is 0 Å². The van der Waals surface area contributed by atoms with E-state index >= 15 is 0 Å². The summed E-state index contributed by atoms with van der Waals surface area (Å²) in [5.41, 5.74) is -1.55. The highest BCUT2D eigenvalue weighted by Crippen LogP contribution is 2.31. The smallest absolute Gasteiger partial charge is 0.333 e. The van der Waals surface area contributed by atoms with E-state index < -0.39 is 32.6 Å². The molecule has 1 unspecified atom stereocenters. The maximum atomic E-state index is 13.4. The van der Waals surface area contributed by atoms with Crippen molar-refractivity contribution in [1.29, 1.82) is 0 Å². The van der Waals surface area contributed by atoms with E-state index in [9.17, 15) is 9.59 Å². The molecule has 0 N–H and O–H groups in total. The van der Waals surface area contributed by atoms with Gasteiger partial charge in [-0.1, -0.05) is 45.9 Å². The van der Waals surface area contributed by atoms with Crippen LogP contribution in [0.1, 0.15) is 48.5 Å². The molecule has 10 heteroatoms. The Kier molecular flexibility index (Phi) is 10.3. The lowest BCUT2D eigenvalue weighted by Gasteiger charge is -2.35. The first kappa shape index (κ1) is 31.5. The number of carbonyl (C=O) groups excluding carboxylic acids is 2. The second-order valence-electron chi connectivity index (χ2n) is 11.4. The number of ether oxygens (including phenoxy) is 4. The van der Waals surface area contributed by atoms with E-state index in [2.05, 4.69) is 39.4 Å². The minimum absolute atomic E-state index is 0.0232. The van der Waals surface area contributed by atoms with Crippen LogP contribution in [0.4, 0.5) is 0 Å². The number of allylic oxidation sites excluding steroid dienone is 1. The van der Waals surface area contributed by atoms with Crippen molar-refractivity contribution >= 4 is 38.9 Å². The Hall–Kier alpha value is -2.72. The van der Waals surface area contributed by atoms with Crippen LogP contribution in [0.25, 0.3) is 11.0 Å². The maximum absolute atomic E-state index is 13.4. The number of fused-ring (bicyclic) bond motifs is 1. The molecule has 0 aliphatic heterocycles. The predicted molar refractivity (Wildman–Crippen MR) is 150 cm³/mol. The number of rotatable bonds is 14. The van der Waals surface area contributed by atoms with Crippen LogP contribution in [0, 0.1) is 10.8 Å². The van der Waals surface area contributed by atoms with Crippen molar-refractivity contribution in [2.24, 2.45) is 10.8 Å². The standard InChI is InChI=1S/C28H40BrN3O6/c1-10-15-35-16-28(17-36-20(2)26(6,7)29,18-37-23(33)25(3,4)5)19-38-24(34)27(8,9)32-22-14-12-11-13-21(22)30-31-32/h10-14H,1-2,15-19H2,3-9H3. The molecule has 0 aliphatic carbocycles. The van der Waals surface area contributed by atoms with Gasteiger partial charge in [-0.3, -0.25) is 4.79 Å². The van der Waals surface area contributed by atoms with Crippen LogP contribution in [-0.2, 0) is 34.1 Å².